The molecule has 0 radical (unpaired) electrons. The zero-order valence-corrected chi connectivity index (χ0v) is 14.8. The molecular weight excluding hydrogens is 340 g/mol. The first-order valence-corrected chi connectivity index (χ1v) is 8.86. The Morgan fingerprint density at radius 1 is 1.11 bits per heavy atom. The molecule has 0 aliphatic carbocycles. The maximum absolute atomic E-state index is 11.2. The highest BCUT2D eigenvalue weighted by Crippen LogP contribution is 2.31. The fourth-order valence-electron chi connectivity index (χ4n) is 3.28. The predicted molar refractivity (Wildman–Crippen MR) is 101 cm³/mol. The summed E-state index contributed by atoms with van der Waals surface area (Å²) in [6, 6.07) is 15.4. The van der Waals surface area contributed by atoms with Gasteiger partial charge in [0.2, 0.25) is 11.8 Å². The first-order valence-electron chi connectivity index (χ1n) is 8.86. The van der Waals surface area contributed by atoms with Gasteiger partial charge in [-0.2, -0.15) is 0 Å². The number of ether oxygens (including phenoxy) is 1. The Bertz CT molecular complexity index is 942. The molecule has 3 heterocycles. The Morgan fingerprint density at radius 2 is 2.04 bits per heavy atom. The van der Waals surface area contributed by atoms with Crippen molar-refractivity contribution in [2.45, 2.75) is 19.5 Å². The second-order valence-corrected chi connectivity index (χ2v) is 6.53. The fourth-order valence-corrected chi connectivity index (χ4v) is 3.28. The van der Waals surface area contributed by atoms with Crippen LogP contribution in [0.1, 0.15) is 27.2 Å². The van der Waals surface area contributed by atoms with Crippen LogP contribution in [0.3, 0.4) is 0 Å². The second kappa shape index (κ2) is 7.55. The molecule has 0 fully saturated rings. The molecule has 0 spiro atoms. The molecule has 0 saturated heterocycles. The van der Waals surface area contributed by atoms with Gasteiger partial charge in [0, 0.05) is 43.7 Å². The number of hydrogen-bond donors (Lipinski definition) is 1. The van der Waals surface area contributed by atoms with Gasteiger partial charge >= 0.3 is 0 Å². The molecule has 6 nitrogen and oxygen atoms in total. The smallest absolute Gasteiger partial charge is 0.250 e. The molecule has 27 heavy (non-hydrogen) atoms. The number of carbonyl (C=O) groups excluding carboxylic acids is 1. The predicted octanol–water partition coefficient (Wildman–Crippen LogP) is 2.93. The molecule has 6 heteroatoms. The fraction of sp³-hybridized carbons (Fsp3) is 0.190. The summed E-state index contributed by atoms with van der Waals surface area (Å²) in [6.45, 7) is 2.64. The van der Waals surface area contributed by atoms with Gasteiger partial charge in [-0.05, 0) is 36.2 Å². The normalized spacial score (nSPS) is 13.8. The molecule has 0 atom stereocenters. The van der Waals surface area contributed by atoms with Crippen molar-refractivity contribution in [1.29, 1.82) is 0 Å². The Kier molecular flexibility index (Phi) is 4.80. The molecule has 3 aromatic rings. The quantitative estimate of drug-likeness (QED) is 0.757. The van der Waals surface area contributed by atoms with E-state index in [1.807, 2.05) is 30.5 Å². The highest BCUT2D eigenvalue weighted by Gasteiger charge is 2.20. The van der Waals surface area contributed by atoms with Crippen molar-refractivity contribution in [3.8, 4) is 11.6 Å². The van der Waals surface area contributed by atoms with Crippen molar-refractivity contribution in [1.82, 2.24) is 14.9 Å². The molecule has 4 rings (SSSR count). The van der Waals surface area contributed by atoms with Crippen molar-refractivity contribution < 1.29 is 9.53 Å². The number of primary amides is 1. The highest BCUT2D eigenvalue weighted by molar-refractivity contribution is 5.92. The van der Waals surface area contributed by atoms with Gasteiger partial charge in [0.15, 0.2) is 0 Å². The van der Waals surface area contributed by atoms with E-state index in [0.717, 1.165) is 37.5 Å². The third kappa shape index (κ3) is 3.96. The summed E-state index contributed by atoms with van der Waals surface area (Å²) in [5, 5.41) is 0. The largest absolute Gasteiger partial charge is 0.439 e. The Labute approximate surface area is 157 Å². The van der Waals surface area contributed by atoms with Gasteiger partial charge in [-0.15, -0.1) is 0 Å². The second-order valence-electron chi connectivity index (χ2n) is 6.53. The van der Waals surface area contributed by atoms with Gasteiger partial charge in [-0.25, -0.2) is 4.98 Å². The van der Waals surface area contributed by atoms with Crippen LogP contribution in [0.15, 0.2) is 60.9 Å². The molecule has 1 aliphatic rings. The molecule has 2 N–H and O–H groups in total. The van der Waals surface area contributed by atoms with E-state index < -0.39 is 5.91 Å². The first kappa shape index (κ1) is 17.2. The van der Waals surface area contributed by atoms with Gasteiger partial charge in [0.05, 0.1) is 11.3 Å². The van der Waals surface area contributed by atoms with Crippen LogP contribution in [0.4, 0.5) is 0 Å². The standard InChI is InChI=1S/C21H20N4O2/c22-21(26)15-7-8-20(24-12-15)27-19-6-3-4-16-13-25(11-9-18(16)19)14-17-5-1-2-10-23-17/h1-8,10,12H,9,11,13-14H2,(H2,22,26). The van der Waals surface area contributed by atoms with Gasteiger partial charge < -0.3 is 10.5 Å². The van der Waals surface area contributed by atoms with Crippen molar-refractivity contribution in [2.75, 3.05) is 6.54 Å². The lowest BCUT2D eigenvalue weighted by Crippen LogP contribution is -2.30. The number of nitrogens with two attached hydrogens (primary N) is 1. The van der Waals surface area contributed by atoms with E-state index in [0.29, 0.717) is 11.4 Å². The van der Waals surface area contributed by atoms with Crippen molar-refractivity contribution in [2.24, 2.45) is 5.73 Å². The summed E-state index contributed by atoms with van der Waals surface area (Å²) < 4.78 is 5.97. The maximum atomic E-state index is 11.2. The van der Waals surface area contributed by atoms with Crippen LogP contribution < -0.4 is 10.5 Å². The molecule has 0 unspecified atom stereocenters. The first-order chi connectivity index (χ1) is 13.2. The minimum absolute atomic E-state index is 0.364. The molecule has 2 aromatic heterocycles. The number of carbonyl (C=O) groups is 1. The van der Waals surface area contributed by atoms with E-state index in [9.17, 15) is 4.79 Å². The van der Waals surface area contributed by atoms with Crippen molar-refractivity contribution >= 4 is 5.91 Å². The van der Waals surface area contributed by atoms with Gasteiger partial charge in [0.25, 0.3) is 0 Å². The zero-order chi connectivity index (χ0) is 18.6. The Balaban J connectivity index is 1.49. The van der Waals surface area contributed by atoms with E-state index in [4.69, 9.17) is 10.5 Å². The summed E-state index contributed by atoms with van der Waals surface area (Å²) in [5.41, 5.74) is 9.14. The van der Waals surface area contributed by atoms with Crippen LogP contribution in [0.2, 0.25) is 0 Å². The number of hydrogen-bond acceptors (Lipinski definition) is 5. The monoisotopic (exact) mass is 360 g/mol. The summed E-state index contributed by atoms with van der Waals surface area (Å²) in [4.78, 5) is 22.1. The summed E-state index contributed by atoms with van der Waals surface area (Å²) in [5.74, 6) is 0.757. The van der Waals surface area contributed by atoms with Crippen molar-refractivity contribution in [3.63, 3.8) is 0 Å². The number of amides is 1. The average molecular weight is 360 g/mol. The molecule has 1 aromatic carbocycles. The third-order valence-corrected chi connectivity index (χ3v) is 4.65. The zero-order valence-electron chi connectivity index (χ0n) is 14.8. The van der Waals surface area contributed by atoms with Crippen molar-refractivity contribution in [3.05, 3.63) is 83.3 Å². The Morgan fingerprint density at radius 3 is 2.78 bits per heavy atom. The van der Waals surface area contributed by atoms with E-state index in [1.165, 1.54) is 17.3 Å². The van der Waals surface area contributed by atoms with E-state index >= 15 is 0 Å². The number of benzene rings is 1. The van der Waals surface area contributed by atoms with Gasteiger partial charge in [-0.3, -0.25) is 14.7 Å². The van der Waals surface area contributed by atoms with Gasteiger partial charge in [0.1, 0.15) is 5.75 Å². The lowest BCUT2D eigenvalue weighted by molar-refractivity contribution is 0.1000. The van der Waals surface area contributed by atoms with Crippen LogP contribution in [0, 0.1) is 0 Å². The molecule has 1 amide bonds. The molecule has 0 saturated carbocycles. The average Bonchev–Trinajstić information content (AvgIpc) is 2.69. The van der Waals surface area contributed by atoms with Crippen LogP contribution in [0.25, 0.3) is 0 Å². The molecule has 1 aliphatic heterocycles. The SMILES string of the molecule is NC(=O)c1ccc(Oc2cccc3c2CCN(Cc2ccccn2)C3)nc1. The molecular formula is C21H20N4O2. The summed E-state index contributed by atoms with van der Waals surface area (Å²) >= 11 is 0. The maximum Gasteiger partial charge on any atom is 0.250 e. The summed E-state index contributed by atoms with van der Waals surface area (Å²) in [6.07, 6.45) is 4.16. The topological polar surface area (TPSA) is 81.3 Å². The van der Waals surface area contributed by atoms with Crippen LogP contribution in [-0.4, -0.2) is 27.3 Å². The minimum Gasteiger partial charge on any atom is -0.439 e. The Hall–Kier alpha value is -3.25. The third-order valence-electron chi connectivity index (χ3n) is 4.65. The number of fused-ring (bicyclic) bond motifs is 1. The van der Waals surface area contributed by atoms with E-state index in [1.54, 1.807) is 12.1 Å². The van der Waals surface area contributed by atoms with Crippen LogP contribution >= 0.6 is 0 Å². The minimum atomic E-state index is -0.501. The van der Waals surface area contributed by atoms with Crippen LogP contribution in [-0.2, 0) is 19.5 Å². The number of nitrogens with zero attached hydrogens (tertiary/aromatic N) is 3. The highest BCUT2D eigenvalue weighted by atomic mass is 16.5. The lowest BCUT2D eigenvalue weighted by Gasteiger charge is -2.29. The van der Waals surface area contributed by atoms with E-state index in [-0.39, 0.29) is 0 Å². The summed E-state index contributed by atoms with van der Waals surface area (Å²) in [7, 11) is 0. The number of rotatable bonds is 5. The lowest BCUT2D eigenvalue weighted by atomic mass is 9.98. The van der Waals surface area contributed by atoms with Crippen LogP contribution in [0.5, 0.6) is 11.6 Å². The number of aromatic nitrogens is 2. The van der Waals surface area contributed by atoms with E-state index in [2.05, 4.69) is 27.0 Å². The molecule has 136 valence electrons. The number of pyridine rings is 2. The molecule has 0 bridgehead atoms. The van der Waals surface area contributed by atoms with Gasteiger partial charge in [-0.1, -0.05) is 18.2 Å².